The number of pyridine rings is 1. The molecule has 1 aliphatic carbocycles. The SMILES string of the molecule is O=C(Nc1cccc2c1CCCC2)c1cccc(Br)n1. The number of fused-ring (bicyclic) bond motifs is 1. The molecule has 0 aliphatic heterocycles. The molecule has 0 bridgehead atoms. The summed E-state index contributed by atoms with van der Waals surface area (Å²) in [6, 6.07) is 11.5. The zero-order valence-electron chi connectivity index (χ0n) is 11.0. The Morgan fingerprint density at radius 3 is 2.75 bits per heavy atom. The first-order valence-corrected chi connectivity index (χ1v) is 7.58. The van der Waals surface area contributed by atoms with Gasteiger partial charge in [0.15, 0.2) is 0 Å². The second-order valence-electron chi connectivity index (χ2n) is 4.95. The normalized spacial score (nSPS) is 13.7. The predicted octanol–water partition coefficient (Wildman–Crippen LogP) is 3.98. The Hall–Kier alpha value is -1.68. The summed E-state index contributed by atoms with van der Waals surface area (Å²) >= 11 is 3.28. The number of nitrogens with zero attached hydrogens (tertiary/aromatic N) is 1. The molecule has 102 valence electrons. The van der Waals surface area contributed by atoms with Crippen molar-refractivity contribution in [2.24, 2.45) is 0 Å². The fourth-order valence-corrected chi connectivity index (χ4v) is 2.96. The minimum absolute atomic E-state index is 0.162. The lowest BCUT2D eigenvalue weighted by molar-refractivity contribution is 0.102. The predicted molar refractivity (Wildman–Crippen MR) is 83.0 cm³/mol. The summed E-state index contributed by atoms with van der Waals surface area (Å²) in [5.74, 6) is -0.162. The van der Waals surface area contributed by atoms with Crippen LogP contribution in [0, 0.1) is 0 Å². The average Bonchev–Trinajstić information content (AvgIpc) is 2.47. The monoisotopic (exact) mass is 330 g/mol. The second-order valence-corrected chi connectivity index (χ2v) is 5.76. The molecule has 0 spiro atoms. The Morgan fingerprint density at radius 2 is 1.90 bits per heavy atom. The van der Waals surface area contributed by atoms with Gasteiger partial charge in [-0.05, 0) is 70.9 Å². The number of hydrogen-bond acceptors (Lipinski definition) is 2. The van der Waals surface area contributed by atoms with Gasteiger partial charge < -0.3 is 5.32 Å². The van der Waals surface area contributed by atoms with Crippen molar-refractivity contribution in [3.8, 4) is 0 Å². The topological polar surface area (TPSA) is 42.0 Å². The van der Waals surface area contributed by atoms with E-state index < -0.39 is 0 Å². The standard InChI is InChI=1S/C16H15BrN2O/c17-15-10-4-9-14(18-15)16(20)19-13-8-3-6-11-5-1-2-7-12(11)13/h3-4,6,8-10H,1-2,5,7H2,(H,19,20). The third-order valence-corrected chi connectivity index (χ3v) is 4.03. The fraction of sp³-hybridized carbons (Fsp3) is 0.250. The van der Waals surface area contributed by atoms with Gasteiger partial charge >= 0.3 is 0 Å². The summed E-state index contributed by atoms with van der Waals surface area (Å²) in [5, 5.41) is 2.99. The van der Waals surface area contributed by atoms with Crippen molar-refractivity contribution in [3.63, 3.8) is 0 Å². The van der Waals surface area contributed by atoms with Crippen LogP contribution in [-0.4, -0.2) is 10.9 Å². The maximum Gasteiger partial charge on any atom is 0.274 e. The van der Waals surface area contributed by atoms with Gasteiger partial charge in [0, 0.05) is 5.69 Å². The van der Waals surface area contributed by atoms with E-state index in [0.717, 1.165) is 18.5 Å². The first-order valence-electron chi connectivity index (χ1n) is 6.79. The molecule has 1 aromatic carbocycles. The molecule has 3 nitrogen and oxygen atoms in total. The van der Waals surface area contributed by atoms with Crippen molar-refractivity contribution >= 4 is 27.5 Å². The summed E-state index contributed by atoms with van der Waals surface area (Å²) in [6.45, 7) is 0. The van der Waals surface area contributed by atoms with Crippen molar-refractivity contribution in [1.29, 1.82) is 0 Å². The second kappa shape index (κ2) is 5.75. The largest absolute Gasteiger partial charge is 0.320 e. The van der Waals surface area contributed by atoms with E-state index in [9.17, 15) is 4.79 Å². The number of halogens is 1. The zero-order chi connectivity index (χ0) is 13.9. The van der Waals surface area contributed by atoms with Gasteiger partial charge in [0.2, 0.25) is 0 Å². The quantitative estimate of drug-likeness (QED) is 0.846. The minimum atomic E-state index is -0.162. The number of hydrogen-bond donors (Lipinski definition) is 1. The van der Waals surface area contributed by atoms with E-state index in [1.165, 1.54) is 24.0 Å². The number of carbonyl (C=O) groups excluding carboxylic acids is 1. The zero-order valence-corrected chi connectivity index (χ0v) is 12.6. The van der Waals surface area contributed by atoms with Crippen molar-refractivity contribution in [2.75, 3.05) is 5.32 Å². The average molecular weight is 331 g/mol. The molecule has 1 aromatic heterocycles. The van der Waals surface area contributed by atoms with Crippen molar-refractivity contribution in [1.82, 2.24) is 4.98 Å². The number of aromatic nitrogens is 1. The van der Waals surface area contributed by atoms with Crippen LogP contribution in [-0.2, 0) is 12.8 Å². The smallest absolute Gasteiger partial charge is 0.274 e. The highest BCUT2D eigenvalue weighted by molar-refractivity contribution is 9.10. The Kier molecular flexibility index (Phi) is 3.83. The molecule has 1 amide bonds. The van der Waals surface area contributed by atoms with E-state index in [2.05, 4.69) is 32.3 Å². The van der Waals surface area contributed by atoms with Crippen LogP contribution in [0.2, 0.25) is 0 Å². The minimum Gasteiger partial charge on any atom is -0.320 e. The number of anilines is 1. The number of amides is 1. The van der Waals surface area contributed by atoms with E-state index in [1.54, 1.807) is 12.1 Å². The molecular formula is C16H15BrN2O. The van der Waals surface area contributed by atoms with Crippen LogP contribution in [0.25, 0.3) is 0 Å². The Labute approximate surface area is 126 Å². The molecule has 0 unspecified atom stereocenters. The number of nitrogens with one attached hydrogen (secondary N) is 1. The van der Waals surface area contributed by atoms with Crippen LogP contribution in [0.4, 0.5) is 5.69 Å². The van der Waals surface area contributed by atoms with Gasteiger partial charge in [-0.1, -0.05) is 18.2 Å². The fourth-order valence-electron chi connectivity index (χ4n) is 2.62. The summed E-state index contributed by atoms with van der Waals surface area (Å²) in [6.07, 6.45) is 4.57. The van der Waals surface area contributed by atoms with Crippen LogP contribution < -0.4 is 5.32 Å². The van der Waals surface area contributed by atoms with Gasteiger partial charge in [-0.3, -0.25) is 4.79 Å². The van der Waals surface area contributed by atoms with Gasteiger partial charge in [-0.15, -0.1) is 0 Å². The number of benzene rings is 1. The van der Waals surface area contributed by atoms with Crippen LogP contribution in [0.5, 0.6) is 0 Å². The highest BCUT2D eigenvalue weighted by atomic mass is 79.9. The van der Waals surface area contributed by atoms with Crippen LogP contribution in [0.15, 0.2) is 41.0 Å². The highest BCUT2D eigenvalue weighted by Gasteiger charge is 2.15. The third-order valence-electron chi connectivity index (χ3n) is 3.59. The van der Waals surface area contributed by atoms with Gasteiger partial charge in [0.25, 0.3) is 5.91 Å². The lowest BCUT2D eigenvalue weighted by Crippen LogP contribution is -2.16. The van der Waals surface area contributed by atoms with E-state index in [4.69, 9.17) is 0 Å². The van der Waals surface area contributed by atoms with Gasteiger partial charge in [-0.25, -0.2) is 4.98 Å². The Morgan fingerprint density at radius 1 is 1.10 bits per heavy atom. The van der Waals surface area contributed by atoms with Crippen LogP contribution in [0.3, 0.4) is 0 Å². The third kappa shape index (κ3) is 2.75. The van der Waals surface area contributed by atoms with Gasteiger partial charge in [-0.2, -0.15) is 0 Å². The van der Waals surface area contributed by atoms with Crippen molar-refractivity contribution in [2.45, 2.75) is 25.7 Å². The maximum atomic E-state index is 12.3. The number of aryl methyl sites for hydroxylation is 1. The highest BCUT2D eigenvalue weighted by Crippen LogP contribution is 2.28. The Bertz CT molecular complexity index is 655. The molecule has 4 heteroatoms. The molecular weight excluding hydrogens is 316 g/mol. The molecule has 1 aliphatic rings. The molecule has 0 fully saturated rings. The summed E-state index contributed by atoms with van der Waals surface area (Å²) in [5.41, 5.74) is 3.99. The summed E-state index contributed by atoms with van der Waals surface area (Å²) in [4.78, 5) is 16.4. The van der Waals surface area contributed by atoms with E-state index >= 15 is 0 Å². The molecule has 0 radical (unpaired) electrons. The van der Waals surface area contributed by atoms with Crippen molar-refractivity contribution in [3.05, 3.63) is 57.8 Å². The molecule has 0 saturated heterocycles. The van der Waals surface area contributed by atoms with Crippen LogP contribution in [0.1, 0.15) is 34.5 Å². The molecule has 0 saturated carbocycles. The molecule has 20 heavy (non-hydrogen) atoms. The van der Waals surface area contributed by atoms with Crippen molar-refractivity contribution < 1.29 is 4.79 Å². The van der Waals surface area contributed by atoms with Gasteiger partial charge in [0.1, 0.15) is 10.3 Å². The molecule has 3 rings (SSSR count). The van der Waals surface area contributed by atoms with Gasteiger partial charge in [0.05, 0.1) is 0 Å². The van der Waals surface area contributed by atoms with E-state index in [-0.39, 0.29) is 5.91 Å². The first-order chi connectivity index (χ1) is 9.74. The van der Waals surface area contributed by atoms with Crippen LogP contribution >= 0.6 is 15.9 Å². The summed E-state index contributed by atoms with van der Waals surface area (Å²) < 4.78 is 0.667. The van der Waals surface area contributed by atoms with E-state index in [1.807, 2.05) is 18.2 Å². The summed E-state index contributed by atoms with van der Waals surface area (Å²) in [7, 11) is 0. The molecule has 0 atom stereocenters. The number of carbonyl (C=O) groups is 1. The van der Waals surface area contributed by atoms with E-state index in [0.29, 0.717) is 10.3 Å². The number of rotatable bonds is 2. The molecule has 2 aromatic rings. The maximum absolute atomic E-state index is 12.3. The lowest BCUT2D eigenvalue weighted by Gasteiger charge is -2.19. The molecule has 1 heterocycles. The first kappa shape index (κ1) is 13.3. The lowest BCUT2D eigenvalue weighted by atomic mass is 9.90. The molecule has 1 N–H and O–H groups in total. The Balaban J connectivity index is 1.86.